The van der Waals surface area contributed by atoms with Crippen LogP contribution in [0.5, 0.6) is 0 Å². The molecule has 0 spiro atoms. The van der Waals surface area contributed by atoms with Crippen LogP contribution in [0.3, 0.4) is 0 Å². The summed E-state index contributed by atoms with van der Waals surface area (Å²) in [5.41, 5.74) is 0. The zero-order valence-electron chi connectivity index (χ0n) is 22.7. The Morgan fingerprint density at radius 3 is 1.06 bits per heavy atom. The number of hydrogen-bond acceptors (Lipinski definition) is 1. The van der Waals surface area contributed by atoms with Crippen LogP contribution in [0.15, 0.2) is 0 Å². The Labute approximate surface area is 218 Å². The SMILES string of the molecule is CCB(CC)NP(=S)(N(C1CCCCC1)C1CCCCC1)N(C1CCCCC1)C1CCCCC1. The molecule has 34 heavy (non-hydrogen) atoms. The Morgan fingerprint density at radius 2 is 0.824 bits per heavy atom. The maximum Gasteiger partial charge on any atom is 0.227 e. The van der Waals surface area contributed by atoms with E-state index in [1.165, 1.54) is 141 Å². The van der Waals surface area contributed by atoms with Crippen LogP contribution in [0.4, 0.5) is 0 Å². The van der Waals surface area contributed by atoms with E-state index < -0.39 is 6.49 Å². The average molecular weight is 508 g/mol. The fraction of sp³-hybridized carbons (Fsp3) is 1.00. The molecule has 3 nitrogen and oxygen atoms in total. The van der Waals surface area contributed by atoms with Crippen molar-refractivity contribution in [2.24, 2.45) is 0 Å². The Kier molecular flexibility index (Phi) is 11.3. The summed E-state index contributed by atoms with van der Waals surface area (Å²) in [7, 11) is 0. The van der Waals surface area contributed by atoms with Crippen LogP contribution in [0.1, 0.15) is 142 Å². The molecule has 196 valence electrons. The van der Waals surface area contributed by atoms with E-state index >= 15 is 0 Å². The summed E-state index contributed by atoms with van der Waals surface area (Å²) >= 11 is 7.23. The molecule has 4 aliphatic carbocycles. The van der Waals surface area contributed by atoms with E-state index in [4.69, 9.17) is 11.8 Å². The molecule has 0 unspecified atom stereocenters. The molecule has 0 aromatic rings. The molecular formula is C28H55BN3PS. The van der Waals surface area contributed by atoms with Crippen molar-refractivity contribution in [3.63, 3.8) is 0 Å². The zero-order valence-corrected chi connectivity index (χ0v) is 24.4. The van der Waals surface area contributed by atoms with E-state index in [1.807, 2.05) is 0 Å². The van der Waals surface area contributed by atoms with E-state index in [0.717, 1.165) is 24.2 Å². The van der Waals surface area contributed by atoms with Crippen LogP contribution in [0.2, 0.25) is 12.6 Å². The van der Waals surface area contributed by atoms with Crippen molar-refractivity contribution in [2.75, 3.05) is 0 Å². The molecule has 4 aliphatic rings. The molecule has 4 saturated carbocycles. The molecule has 1 N–H and O–H groups in total. The number of nitrogens with zero attached hydrogens (tertiary/aromatic N) is 2. The number of rotatable bonds is 10. The van der Waals surface area contributed by atoms with Gasteiger partial charge in [-0.1, -0.05) is 104 Å². The van der Waals surface area contributed by atoms with Crippen LogP contribution < -0.4 is 5.00 Å². The summed E-state index contributed by atoms with van der Waals surface area (Å²) in [6.45, 7) is 3.29. The van der Waals surface area contributed by atoms with Crippen molar-refractivity contribution in [3.8, 4) is 0 Å². The second-order valence-corrected chi connectivity index (χ2v) is 15.9. The van der Waals surface area contributed by atoms with Crippen molar-refractivity contribution >= 4 is 25.1 Å². The van der Waals surface area contributed by atoms with Gasteiger partial charge >= 0.3 is 0 Å². The van der Waals surface area contributed by atoms with E-state index in [-0.39, 0.29) is 0 Å². The predicted octanol–water partition coefficient (Wildman–Crippen LogP) is 8.77. The van der Waals surface area contributed by atoms with Crippen molar-refractivity contribution in [1.29, 1.82) is 0 Å². The van der Waals surface area contributed by atoms with Crippen LogP contribution in [0.25, 0.3) is 0 Å². The Balaban J connectivity index is 1.77. The van der Waals surface area contributed by atoms with Gasteiger partial charge in [-0.2, -0.15) is 0 Å². The largest absolute Gasteiger partial charge is 0.304 e. The van der Waals surface area contributed by atoms with E-state index in [9.17, 15) is 0 Å². The minimum atomic E-state index is -2.05. The molecule has 4 fully saturated rings. The number of nitrogens with one attached hydrogen (secondary N) is 1. The van der Waals surface area contributed by atoms with Crippen LogP contribution >= 0.6 is 6.49 Å². The average Bonchev–Trinajstić information content (AvgIpc) is 2.90. The normalized spacial score (nSPS) is 25.3. The quantitative estimate of drug-likeness (QED) is 0.235. The van der Waals surface area contributed by atoms with Gasteiger partial charge in [0.05, 0.1) is 0 Å². The molecule has 0 bridgehead atoms. The smallest absolute Gasteiger partial charge is 0.227 e. The lowest BCUT2D eigenvalue weighted by Crippen LogP contribution is -2.56. The summed E-state index contributed by atoms with van der Waals surface area (Å²) in [4.78, 5) is 4.40. The van der Waals surface area contributed by atoms with E-state index in [2.05, 4.69) is 28.2 Å². The maximum absolute atomic E-state index is 7.23. The van der Waals surface area contributed by atoms with Gasteiger partial charge in [-0.3, -0.25) is 0 Å². The fourth-order valence-electron chi connectivity index (χ4n) is 7.83. The molecule has 6 heteroatoms. The van der Waals surface area contributed by atoms with Gasteiger partial charge in [0.25, 0.3) is 0 Å². The first-order chi connectivity index (χ1) is 16.7. The summed E-state index contributed by atoms with van der Waals surface area (Å²) in [5.74, 6) is 0. The summed E-state index contributed by atoms with van der Waals surface area (Å²) in [6.07, 6.45) is 30.6. The third-order valence-corrected chi connectivity index (χ3v) is 14.5. The molecule has 0 radical (unpaired) electrons. The van der Waals surface area contributed by atoms with Gasteiger partial charge in [-0.15, -0.1) is 0 Å². The zero-order chi connectivity index (χ0) is 23.8. The minimum Gasteiger partial charge on any atom is -0.304 e. The van der Waals surface area contributed by atoms with Crippen molar-refractivity contribution in [3.05, 3.63) is 0 Å². The van der Waals surface area contributed by atoms with Crippen molar-refractivity contribution in [1.82, 2.24) is 14.3 Å². The van der Waals surface area contributed by atoms with Gasteiger partial charge in [0.1, 0.15) is 6.49 Å². The standard InChI is InChI=1S/C28H55BN3PS/c1-3-29(4-2)30-33(34,31(25-17-9-5-10-18-25)26-19-11-6-12-20-26)32(27-21-13-7-14-22-27)28-23-15-8-16-24-28/h25-28H,3-24H2,1-2H3,(H,30,34). The Morgan fingerprint density at radius 1 is 0.559 bits per heavy atom. The van der Waals surface area contributed by atoms with Crippen molar-refractivity contribution < 1.29 is 0 Å². The molecular weight excluding hydrogens is 452 g/mol. The Bertz CT molecular complexity index is 541. The Hall–Kier alpha value is 0.595. The summed E-state index contributed by atoms with van der Waals surface area (Å²) < 4.78 is 6.20. The monoisotopic (exact) mass is 507 g/mol. The van der Waals surface area contributed by atoms with E-state index in [0.29, 0.717) is 6.85 Å². The molecule has 0 amide bonds. The first kappa shape index (κ1) is 27.6. The molecule has 0 atom stereocenters. The topological polar surface area (TPSA) is 18.5 Å². The van der Waals surface area contributed by atoms with Gasteiger partial charge in [0, 0.05) is 24.2 Å². The van der Waals surface area contributed by atoms with Crippen LogP contribution in [0, 0.1) is 0 Å². The molecule has 0 aliphatic heterocycles. The second-order valence-electron chi connectivity index (χ2n) is 12.1. The second kappa shape index (κ2) is 13.9. The van der Waals surface area contributed by atoms with Gasteiger partial charge in [0.15, 0.2) is 0 Å². The molecule has 0 saturated heterocycles. The lowest BCUT2D eigenvalue weighted by atomic mass is 9.59. The summed E-state index contributed by atoms with van der Waals surface area (Å²) in [5, 5.41) is 0. The highest BCUT2D eigenvalue weighted by Crippen LogP contribution is 2.60. The third-order valence-electron chi connectivity index (χ3n) is 9.76. The predicted molar refractivity (Wildman–Crippen MR) is 155 cm³/mol. The molecule has 4 rings (SSSR count). The first-order valence-corrected chi connectivity index (χ1v) is 18.3. The summed E-state index contributed by atoms with van der Waals surface area (Å²) in [6, 6.07) is 2.89. The lowest BCUT2D eigenvalue weighted by Gasteiger charge is -2.57. The molecule has 0 aromatic carbocycles. The van der Waals surface area contributed by atoms with Gasteiger partial charge in [-0.25, -0.2) is 9.34 Å². The van der Waals surface area contributed by atoms with Crippen LogP contribution in [-0.2, 0) is 11.8 Å². The highest BCUT2D eigenvalue weighted by atomic mass is 32.4. The minimum absolute atomic E-state index is 0.565. The maximum atomic E-state index is 7.23. The highest BCUT2D eigenvalue weighted by molar-refractivity contribution is 8.11. The first-order valence-electron chi connectivity index (χ1n) is 15.6. The lowest BCUT2D eigenvalue weighted by molar-refractivity contribution is 0.130. The fourth-order valence-corrected chi connectivity index (χ4v) is 13.9. The third kappa shape index (κ3) is 6.72. The highest BCUT2D eigenvalue weighted by Gasteiger charge is 2.47. The van der Waals surface area contributed by atoms with Gasteiger partial charge < -0.3 is 5.00 Å². The molecule has 0 heterocycles. The van der Waals surface area contributed by atoms with Gasteiger partial charge in [0.2, 0.25) is 6.85 Å². The molecule has 0 aromatic heterocycles. The van der Waals surface area contributed by atoms with Crippen LogP contribution in [-0.4, -0.2) is 40.4 Å². The number of hydrogen-bond donors (Lipinski definition) is 1. The van der Waals surface area contributed by atoms with Gasteiger partial charge in [-0.05, 0) is 63.2 Å². The van der Waals surface area contributed by atoms with E-state index in [1.54, 1.807) is 0 Å². The van der Waals surface area contributed by atoms with Crippen molar-refractivity contribution in [2.45, 2.75) is 179 Å².